The average molecular weight is 236 g/mol. The summed E-state index contributed by atoms with van der Waals surface area (Å²) in [7, 11) is 0. The standard InChI is InChI=1S/C13H20N2S/c1-10(2)15-7-5-13(9-15)11-4-8-16-12(11)3-6-14-13/h4,8,10,14H,3,5-7,9H2,1-2H3. The fourth-order valence-electron chi connectivity index (χ4n) is 3.12. The van der Waals surface area contributed by atoms with Crippen LogP contribution in [0.2, 0.25) is 0 Å². The highest BCUT2D eigenvalue weighted by Crippen LogP contribution is 2.39. The predicted molar refractivity (Wildman–Crippen MR) is 69.0 cm³/mol. The lowest BCUT2D eigenvalue weighted by Crippen LogP contribution is -2.49. The predicted octanol–water partition coefficient (Wildman–Crippen LogP) is 2.20. The van der Waals surface area contributed by atoms with Crippen molar-refractivity contribution in [2.75, 3.05) is 19.6 Å². The van der Waals surface area contributed by atoms with Gasteiger partial charge in [-0.15, -0.1) is 11.3 Å². The SMILES string of the molecule is CC(C)N1CCC2(C1)NCCc1sccc12. The van der Waals surface area contributed by atoms with Crippen LogP contribution < -0.4 is 5.32 Å². The zero-order valence-electron chi connectivity index (χ0n) is 10.1. The van der Waals surface area contributed by atoms with Gasteiger partial charge in [-0.1, -0.05) is 0 Å². The second-order valence-electron chi connectivity index (χ2n) is 5.33. The van der Waals surface area contributed by atoms with Gasteiger partial charge in [0.2, 0.25) is 0 Å². The molecule has 0 saturated carbocycles. The summed E-state index contributed by atoms with van der Waals surface area (Å²) in [5.41, 5.74) is 1.87. The number of nitrogens with zero attached hydrogens (tertiary/aromatic N) is 1. The van der Waals surface area contributed by atoms with Crippen LogP contribution in [0.4, 0.5) is 0 Å². The van der Waals surface area contributed by atoms with Gasteiger partial charge < -0.3 is 5.32 Å². The summed E-state index contributed by atoms with van der Waals surface area (Å²) < 4.78 is 0. The number of hydrogen-bond acceptors (Lipinski definition) is 3. The minimum absolute atomic E-state index is 0.276. The Kier molecular flexibility index (Phi) is 2.57. The summed E-state index contributed by atoms with van der Waals surface area (Å²) in [5.74, 6) is 0. The fraction of sp³-hybridized carbons (Fsp3) is 0.692. The smallest absolute Gasteiger partial charge is 0.0586 e. The van der Waals surface area contributed by atoms with E-state index in [1.807, 2.05) is 11.3 Å². The van der Waals surface area contributed by atoms with Gasteiger partial charge in [-0.3, -0.25) is 4.90 Å². The first-order chi connectivity index (χ1) is 7.71. The number of nitrogens with one attached hydrogen (secondary N) is 1. The second kappa shape index (κ2) is 3.83. The maximum atomic E-state index is 3.79. The van der Waals surface area contributed by atoms with E-state index in [0.29, 0.717) is 6.04 Å². The summed E-state index contributed by atoms with van der Waals surface area (Å²) in [6.07, 6.45) is 2.49. The van der Waals surface area contributed by atoms with Crippen molar-refractivity contribution in [3.05, 3.63) is 21.9 Å². The molecule has 88 valence electrons. The van der Waals surface area contributed by atoms with E-state index in [1.165, 1.54) is 25.9 Å². The van der Waals surface area contributed by atoms with Crippen LogP contribution in [0.1, 0.15) is 30.7 Å². The molecular weight excluding hydrogens is 216 g/mol. The first kappa shape index (κ1) is 10.8. The number of fused-ring (bicyclic) bond motifs is 2. The van der Waals surface area contributed by atoms with Crippen molar-refractivity contribution in [3.63, 3.8) is 0 Å². The van der Waals surface area contributed by atoms with Crippen LogP contribution in [-0.4, -0.2) is 30.6 Å². The lowest BCUT2D eigenvalue weighted by molar-refractivity contribution is 0.236. The number of rotatable bonds is 1. The topological polar surface area (TPSA) is 15.3 Å². The molecule has 1 aromatic rings. The molecule has 0 radical (unpaired) electrons. The molecule has 3 rings (SSSR count). The van der Waals surface area contributed by atoms with Crippen LogP contribution in [0.25, 0.3) is 0 Å². The minimum atomic E-state index is 0.276. The molecule has 1 spiro atoms. The Bertz CT molecular complexity index is 385. The van der Waals surface area contributed by atoms with Gasteiger partial charge in [0.1, 0.15) is 0 Å². The third-order valence-corrected chi connectivity index (χ3v) is 5.09. The highest BCUT2D eigenvalue weighted by Gasteiger charge is 2.43. The maximum Gasteiger partial charge on any atom is 0.0586 e. The first-order valence-electron chi connectivity index (χ1n) is 6.27. The van der Waals surface area contributed by atoms with Gasteiger partial charge in [0.05, 0.1) is 5.54 Å². The van der Waals surface area contributed by atoms with E-state index in [9.17, 15) is 0 Å². The van der Waals surface area contributed by atoms with Crippen molar-refractivity contribution in [1.82, 2.24) is 10.2 Å². The van der Waals surface area contributed by atoms with E-state index in [0.717, 1.165) is 6.54 Å². The maximum absolute atomic E-state index is 3.79. The molecule has 3 heteroatoms. The highest BCUT2D eigenvalue weighted by molar-refractivity contribution is 7.10. The molecule has 2 aliphatic heterocycles. The van der Waals surface area contributed by atoms with Crippen molar-refractivity contribution >= 4 is 11.3 Å². The van der Waals surface area contributed by atoms with Gasteiger partial charge in [0.15, 0.2) is 0 Å². The zero-order chi connectivity index (χ0) is 11.2. The highest BCUT2D eigenvalue weighted by atomic mass is 32.1. The van der Waals surface area contributed by atoms with Gasteiger partial charge in [-0.2, -0.15) is 0 Å². The van der Waals surface area contributed by atoms with E-state index in [4.69, 9.17) is 0 Å². The summed E-state index contributed by atoms with van der Waals surface area (Å²) in [6, 6.07) is 3.01. The summed E-state index contributed by atoms with van der Waals surface area (Å²) in [4.78, 5) is 4.21. The van der Waals surface area contributed by atoms with Gasteiger partial charge >= 0.3 is 0 Å². The summed E-state index contributed by atoms with van der Waals surface area (Å²) in [5, 5.41) is 6.05. The molecule has 1 atom stereocenters. The molecule has 2 nitrogen and oxygen atoms in total. The van der Waals surface area contributed by atoms with Crippen molar-refractivity contribution in [1.29, 1.82) is 0 Å². The summed E-state index contributed by atoms with van der Waals surface area (Å²) >= 11 is 1.94. The van der Waals surface area contributed by atoms with Crippen LogP contribution in [0.3, 0.4) is 0 Å². The van der Waals surface area contributed by atoms with Crippen molar-refractivity contribution in [2.24, 2.45) is 0 Å². The molecule has 0 bridgehead atoms. The Morgan fingerprint density at radius 3 is 3.12 bits per heavy atom. The molecule has 1 saturated heterocycles. The van der Waals surface area contributed by atoms with Crippen LogP contribution in [0, 0.1) is 0 Å². The number of thiophene rings is 1. The van der Waals surface area contributed by atoms with Gasteiger partial charge in [-0.05, 0) is 43.7 Å². The van der Waals surface area contributed by atoms with Crippen molar-refractivity contribution in [3.8, 4) is 0 Å². The third kappa shape index (κ3) is 1.53. The Balaban J connectivity index is 1.92. The van der Waals surface area contributed by atoms with E-state index < -0.39 is 0 Å². The van der Waals surface area contributed by atoms with Crippen LogP contribution >= 0.6 is 11.3 Å². The fourth-order valence-corrected chi connectivity index (χ4v) is 4.09. The zero-order valence-corrected chi connectivity index (χ0v) is 10.9. The molecule has 0 amide bonds. The molecule has 0 aliphatic carbocycles. The summed E-state index contributed by atoms with van der Waals surface area (Å²) in [6.45, 7) is 8.18. The van der Waals surface area contributed by atoms with Gasteiger partial charge in [-0.25, -0.2) is 0 Å². The Morgan fingerprint density at radius 2 is 2.38 bits per heavy atom. The van der Waals surface area contributed by atoms with Crippen molar-refractivity contribution < 1.29 is 0 Å². The molecule has 3 heterocycles. The lowest BCUT2D eigenvalue weighted by Gasteiger charge is -2.36. The van der Waals surface area contributed by atoms with E-state index >= 15 is 0 Å². The van der Waals surface area contributed by atoms with Gasteiger partial charge in [0.25, 0.3) is 0 Å². The largest absolute Gasteiger partial charge is 0.306 e. The molecule has 2 aliphatic rings. The number of hydrogen-bond donors (Lipinski definition) is 1. The van der Waals surface area contributed by atoms with Gasteiger partial charge in [0, 0.05) is 30.6 Å². The molecule has 1 fully saturated rings. The van der Waals surface area contributed by atoms with Crippen molar-refractivity contribution in [2.45, 2.75) is 38.3 Å². The molecule has 1 unspecified atom stereocenters. The lowest BCUT2D eigenvalue weighted by atomic mass is 9.86. The Labute approximate surface area is 102 Å². The molecule has 16 heavy (non-hydrogen) atoms. The van der Waals surface area contributed by atoms with Crippen LogP contribution in [0.15, 0.2) is 11.4 Å². The van der Waals surface area contributed by atoms with E-state index in [1.54, 1.807) is 10.4 Å². The Morgan fingerprint density at radius 1 is 1.50 bits per heavy atom. The van der Waals surface area contributed by atoms with E-state index in [2.05, 4.69) is 35.5 Å². The molecule has 1 aromatic heterocycles. The second-order valence-corrected chi connectivity index (χ2v) is 6.33. The quantitative estimate of drug-likeness (QED) is 0.804. The normalized spacial score (nSPS) is 30.2. The monoisotopic (exact) mass is 236 g/mol. The Hall–Kier alpha value is -0.380. The van der Waals surface area contributed by atoms with E-state index in [-0.39, 0.29) is 5.54 Å². The van der Waals surface area contributed by atoms with Crippen LogP contribution in [-0.2, 0) is 12.0 Å². The van der Waals surface area contributed by atoms with Crippen LogP contribution in [0.5, 0.6) is 0 Å². The molecule has 0 aromatic carbocycles. The first-order valence-corrected chi connectivity index (χ1v) is 7.15. The molecule has 1 N–H and O–H groups in total. The minimum Gasteiger partial charge on any atom is -0.306 e. The third-order valence-electron chi connectivity index (χ3n) is 4.11. The molecular formula is C13H20N2S. The average Bonchev–Trinajstić information content (AvgIpc) is 2.86. The number of likely N-dealkylation sites (tertiary alicyclic amines) is 1.